The Hall–Kier alpha value is -2.52. The minimum absolute atomic E-state index is 0.0635. The zero-order valence-corrected chi connectivity index (χ0v) is 14.6. The van der Waals surface area contributed by atoms with Gasteiger partial charge in [-0.1, -0.05) is 6.08 Å². The highest BCUT2D eigenvalue weighted by atomic mass is 16.7. The first kappa shape index (κ1) is 19.8. The number of hydroxylamine groups is 2. The van der Waals surface area contributed by atoms with Crippen molar-refractivity contribution >= 4 is 23.7 Å². The molecule has 0 spiro atoms. The van der Waals surface area contributed by atoms with E-state index in [0.717, 1.165) is 5.70 Å². The van der Waals surface area contributed by atoms with Crippen LogP contribution in [0.25, 0.3) is 0 Å². The van der Waals surface area contributed by atoms with Crippen molar-refractivity contribution in [2.45, 2.75) is 26.2 Å². The van der Waals surface area contributed by atoms with Gasteiger partial charge in [0.25, 0.3) is 17.7 Å². The molecule has 0 atom stereocenters. The molecule has 2 aliphatic rings. The largest absolute Gasteiger partial charge is 0.378 e. The van der Waals surface area contributed by atoms with Crippen LogP contribution in [0.15, 0.2) is 23.9 Å². The van der Waals surface area contributed by atoms with Gasteiger partial charge in [-0.3, -0.25) is 14.4 Å². The summed E-state index contributed by atoms with van der Waals surface area (Å²) >= 11 is 0. The first-order valence-corrected chi connectivity index (χ1v) is 8.41. The lowest BCUT2D eigenvalue weighted by Crippen LogP contribution is -2.32. The summed E-state index contributed by atoms with van der Waals surface area (Å²) in [5.41, 5.74) is 0.850. The van der Waals surface area contributed by atoms with Crippen LogP contribution in [0.4, 0.5) is 0 Å². The molecule has 0 aromatic heterocycles. The molecule has 0 radical (unpaired) electrons. The number of amides is 3. The Morgan fingerprint density at radius 2 is 1.69 bits per heavy atom. The molecule has 0 unspecified atom stereocenters. The van der Waals surface area contributed by atoms with Gasteiger partial charge in [0.15, 0.2) is 0 Å². The molecule has 26 heavy (non-hydrogen) atoms. The molecule has 1 saturated heterocycles. The van der Waals surface area contributed by atoms with Gasteiger partial charge in [-0.15, -0.1) is 5.06 Å². The zero-order chi connectivity index (χ0) is 18.9. The second-order valence-electron chi connectivity index (χ2n) is 5.56. The molecule has 1 fully saturated rings. The van der Waals surface area contributed by atoms with Gasteiger partial charge in [0.2, 0.25) is 0 Å². The van der Waals surface area contributed by atoms with Crippen LogP contribution in [0.2, 0.25) is 0 Å². The maximum absolute atomic E-state index is 11.6. The quantitative estimate of drug-likeness (QED) is 0.405. The summed E-state index contributed by atoms with van der Waals surface area (Å²) in [5.74, 6) is -1.78. The maximum atomic E-state index is 11.6. The third kappa shape index (κ3) is 5.50. The van der Waals surface area contributed by atoms with E-state index in [2.05, 4.69) is 0 Å². The van der Waals surface area contributed by atoms with E-state index < -0.39 is 17.8 Å². The van der Waals surface area contributed by atoms with Crippen LogP contribution in [0, 0.1) is 0 Å². The minimum atomic E-state index is -0.701. The summed E-state index contributed by atoms with van der Waals surface area (Å²) < 4.78 is 10.6. The second kappa shape index (κ2) is 9.83. The Morgan fingerprint density at radius 1 is 1.04 bits per heavy atom. The molecule has 2 heterocycles. The summed E-state index contributed by atoms with van der Waals surface area (Å²) in [5, 5.41) is 0.513. The molecular formula is C17H22N2O7. The maximum Gasteiger partial charge on any atom is 0.335 e. The van der Waals surface area contributed by atoms with Gasteiger partial charge in [-0.2, -0.15) is 0 Å². The van der Waals surface area contributed by atoms with E-state index in [-0.39, 0.29) is 38.4 Å². The van der Waals surface area contributed by atoms with Crippen molar-refractivity contribution in [1.29, 1.82) is 0 Å². The van der Waals surface area contributed by atoms with Crippen molar-refractivity contribution in [3.05, 3.63) is 23.9 Å². The van der Waals surface area contributed by atoms with Gasteiger partial charge in [0.1, 0.15) is 0 Å². The Morgan fingerprint density at radius 3 is 2.35 bits per heavy atom. The van der Waals surface area contributed by atoms with Gasteiger partial charge in [-0.05, 0) is 13.0 Å². The van der Waals surface area contributed by atoms with Crippen molar-refractivity contribution in [1.82, 2.24) is 9.96 Å². The lowest BCUT2D eigenvalue weighted by Gasteiger charge is -2.17. The molecule has 0 aromatic carbocycles. The molecular weight excluding hydrogens is 344 g/mol. The summed E-state index contributed by atoms with van der Waals surface area (Å²) in [4.78, 5) is 52.1. The third-order valence-electron chi connectivity index (χ3n) is 3.75. The van der Waals surface area contributed by atoms with Crippen molar-refractivity contribution < 1.29 is 33.5 Å². The lowest BCUT2D eigenvalue weighted by atomic mass is 10.4. The predicted octanol–water partition coefficient (Wildman–Crippen LogP) is 0.319. The zero-order valence-electron chi connectivity index (χ0n) is 14.6. The molecule has 0 aliphatic carbocycles. The molecule has 0 bridgehead atoms. The number of rotatable bonds is 10. The van der Waals surface area contributed by atoms with Crippen LogP contribution < -0.4 is 0 Å². The van der Waals surface area contributed by atoms with Crippen molar-refractivity contribution in [3.8, 4) is 0 Å². The van der Waals surface area contributed by atoms with Gasteiger partial charge in [-0.25, -0.2) is 4.79 Å². The van der Waals surface area contributed by atoms with E-state index in [4.69, 9.17) is 14.3 Å². The fourth-order valence-electron chi connectivity index (χ4n) is 2.39. The van der Waals surface area contributed by atoms with Crippen LogP contribution >= 0.6 is 0 Å². The minimum Gasteiger partial charge on any atom is -0.378 e. The Kier molecular flexibility index (Phi) is 7.49. The molecule has 0 aromatic rings. The number of allylic oxidation sites excluding steroid dienone is 2. The van der Waals surface area contributed by atoms with Crippen molar-refractivity contribution in [2.24, 2.45) is 0 Å². The van der Waals surface area contributed by atoms with E-state index >= 15 is 0 Å². The van der Waals surface area contributed by atoms with Gasteiger partial charge < -0.3 is 19.2 Å². The summed E-state index contributed by atoms with van der Waals surface area (Å²) in [6.45, 7) is 3.37. The van der Waals surface area contributed by atoms with Gasteiger partial charge in [0, 0.05) is 31.2 Å². The standard InChI is InChI=1S/C17H22N2O7/c1-2-13-3-4-14(20)18(13)8-10-25-12-11-24-9-7-17(23)26-19-15(21)5-6-16(19)22/h2-4H,5-12H2,1H3/b13-2-. The highest BCUT2D eigenvalue weighted by Crippen LogP contribution is 2.14. The van der Waals surface area contributed by atoms with E-state index in [9.17, 15) is 19.2 Å². The van der Waals surface area contributed by atoms with E-state index in [1.165, 1.54) is 6.08 Å². The monoisotopic (exact) mass is 366 g/mol. The summed E-state index contributed by atoms with van der Waals surface area (Å²) in [7, 11) is 0. The highest BCUT2D eigenvalue weighted by Gasteiger charge is 2.32. The van der Waals surface area contributed by atoms with Crippen molar-refractivity contribution in [2.75, 3.05) is 33.0 Å². The van der Waals surface area contributed by atoms with Gasteiger partial charge in [0.05, 0.1) is 32.8 Å². The van der Waals surface area contributed by atoms with Gasteiger partial charge >= 0.3 is 5.97 Å². The van der Waals surface area contributed by atoms with Crippen LogP contribution in [0.1, 0.15) is 26.2 Å². The predicted molar refractivity (Wildman–Crippen MR) is 88.0 cm³/mol. The number of hydrogen-bond acceptors (Lipinski definition) is 7. The molecule has 0 N–H and O–H groups in total. The second-order valence-corrected chi connectivity index (χ2v) is 5.56. The molecule has 0 saturated carbocycles. The fourth-order valence-corrected chi connectivity index (χ4v) is 2.39. The number of imide groups is 1. The van der Waals surface area contributed by atoms with Crippen LogP contribution in [0.5, 0.6) is 0 Å². The Balaban J connectivity index is 1.48. The topological polar surface area (TPSA) is 102 Å². The number of ether oxygens (including phenoxy) is 2. The highest BCUT2D eigenvalue weighted by molar-refractivity contribution is 6.01. The average molecular weight is 366 g/mol. The Bertz CT molecular complexity index is 611. The molecule has 2 rings (SSSR count). The average Bonchev–Trinajstić information content (AvgIpc) is 3.13. The van der Waals surface area contributed by atoms with E-state index in [0.29, 0.717) is 24.8 Å². The van der Waals surface area contributed by atoms with Crippen molar-refractivity contribution in [3.63, 3.8) is 0 Å². The first-order valence-electron chi connectivity index (χ1n) is 8.41. The van der Waals surface area contributed by atoms with Crippen LogP contribution in [-0.2, 0) is 33.5 Å². The van der Waals surface area contributed by atoms with Crippen LogP contribution in [0.3, 0.4) is 0 Å². The summed E-state index contributed by atoms with van der Waals surface area (Å²) in [6.07, 6.45) is 5.18. The molecule has 9 nitrogen and oxygen atoms in total. The third-order valence-corrected chi connectivity index (χ3v) is 3.75. The normalized spacial score (nSPS) is 18.5. The number of carbonyl (C=O) groups is 4. The number of carbonyl (C=O) groups excluding carboxylic acids is 4. The molecule has 3 amide bonds. The lowest BCUT2D eigenvalue weighted by molar-refractivity contribution is -0.198. The number of hydrogen-bond donors (Lipinski definition) is 0. The molecule has 2 aliphatic heterocycles. The number of nitrogens with zero attached hydrogens (tertiary/aromatic N) is 2. The molecule has 142 valence electrons. The van der Waals surface area contributed by atoms with Crippen LogP contribution in [-0.4, -0.2) is 66.6 Å². The first-order chi connectivity index (χ1) is 12.5. The van der Waals surface area contributed by atoms with E-state index in [1.807, 2.05) is 13.0 Å². The Labute approximate surface area is 151 Å². The SMILES string of the molecule is C/C=C1/C=CC(=O)N1CCOCCOCCC(=O)ON1C(=O)CCC1=O. The smallest absolute Gasteiger partial charge is 0.335 e. The fraction of sp³-hybridized carbons (Fsp3) is 0.529. The van der Waals surface area contributed by atoms with E-state index in [1.54, 1.807) is 11.0 Å². The molecule has 9 heteroatoms. The summed E-state index contributed by atoms with van der Waals surface area (Å²) in [6, 6.07) is 0.